The van der Waals surface area contributed by atoms with Crippen LogP contribution < -0.4 is 5.32 Å². The molecule has 25 heavy (non-hydrogen) atoms. The molecule has 1 amide bonds. The smallest absolute Gasteiger partial charge is 0.224 e. The Kier molecular flexibility index (Phi) is 5.61. The summed E-state index contributed by atoms with van der Waals surface area (Å²) in [4.78, 5) is 14.4. The van der Waals surface area contributed by atoms with Crippen molar-refractivity contribution in [1.29, 1.82) is 0 Å². The van der Waals surface area contributed by atoms with Gasteiger partial charge in [-0.1, -0.05) is 23.9 Å². The van der Waals surface area contributed by atoms with Gasteiger partial charge in [-0.25, -0.2) is 0 Å². The van der Waals surface area contributed by atoms with Crippen LogP contribution in [-0.4, -0.2) is 5.91 Å². The highest BCUT2D eigenvalue weighted by Gasteiger charge is 2.06. The van der Waals surface area contributed by atoms with Crippen LogP contribution in [0.3, 0.4) is 0 Å². The number of furan rings is 1. The molecule has 1 aromatic heterocycles. The predicted molar refractivity (Wildman–Crippen MR) is 102 cm³/mol. The highest BCUT2D eigenvalue weighted by Crippen LogP contribution is 2.31. The van der Waals surface area contributed by atoms with E-state index in [4.69, 9.17) is 4.42 Å². The summed E-state index contributed by atoms with van der Waals surface area (Å²) in [5.41, 5.74) is 3.34. The zero-order valence-corrected chi connectivity index (χ0v) is 15.2. The maximum atomic E-state index is 12.0. The Balaban J connectivity index is 1.56. The zero-order chi connectivity index (χ0) is 17.6. The molecular formula is C21H21NO2S. The topological polar surface area (TPSA) is 42.2 Å². The number of aryl methyl sites for hydroxylation is 3. The first kappa shape index (κ1) is 17.4. The summed E-state index contributed by atoms with van der Waals surface area (Å²) >= 11 is 1.74. The summed E-state index contributed by atoms with van der Waals surface area (Å²) in [6, 6.07) is 18.1. The molecule has 1 N–H and O–H groups in total. The van der Waals surface area contributed by atoms with Gasteiger partial charge in [-0.05, 0) is 67.4 Å². The van der Waals surface area contributed by atoms with Crippen LogP contribution in [0.4, 0.5) is 5.69 Å². The lowest BCUT2D eigenvalue weighted by Crippen LogP contribution is -2.12. The van der Waals surface area contributed by atoms with Crippen molar-refractivity contribution in [2.45, 2.75) is 36.5 Å². The Morgan fingerprint density at radius 1 is 1.08 bits per heavy atom. The van der Waals surface area contributed by atoms with E-state index < -0.39 is 0 Å². The molecule has 0 saturated heterocycles. The lowest BCUT2D eigenvalue weighted by atomic mass is 10.2. The molecule has 2 aromatic carbocycles. The second-order valence-electron chi connectivity index (χ2n) is 6.02. The van der Waals surface area contributed by atoms with E-state index in [9.17, 15) is 4.79 Å². The van der Waals surface area contributed by atoms with Crippen LogP contribution in [0.25, 0.3) is 0 Å². The average Bonchev–Trinajstić information content (AvgIpc) is 3.12. The number of anilines is 1. The zero-order valence-electron chi connectivity index (χ0n) is 14.4. The highest BCUT2D eigenvalue weighted by molar-refractivity contribution is 7.99. The molecule has 4 heteroatoms. The minimum absolute atomic E-state index is 0.00803. The van der Waals surface area contributed by atoms with Gasteiger partial charge in [-0.3, -0.25) is 4.79 Å². The van der Waals surface area contributed by atoms with Gasteiger partial charge in [-0.2, -0.15) is 0 Å². The van der Waals surface area contributed by atoms with Crippen LogP contribution >= 0.6 is 11.8 Å². The van der Waals surface area contributed by atoms with Crippen molar-refractivity contribution < 1.29 is 9.21 Å². The van der Waals surface area contributed by atoms with Gasteiger partial charge in [0.2, 0.25) is 5.91 Å². The van der Waals surface area contributed by atoms with Gasteiger partial charge in [0.05, 0.1) is 6.26 Å². The Labute approximate surface area is 152 Å². The summed E-state index contributed by atoms with van der Waals surface area (Å²) in [6.07, 6.45) is 2.64. The Morgan fingerprint density at radius 2 is 1.88 bits per heavy atom. The van der Waals surface area contributed by atoms with Crippen LogP contribution in [0.2, 0.25) is 0 Å². The summed E-state index contributed by atoms with van der Waals surface area (Å²) < 4.78 is 5.24. The molecule has 0 aliphatic carbocycles. The van der Waals surface area contributed by atoms with Gasteiger partial charge in [0.15, 0.2) is 0 Å². The third-order valence-electron chi connectivity index (χ3n) is 3.89. The van der Waals surface area contributed by atoms with E-state index in [1.54, 1.807) is 18.0 Å². The fraction of sp³-hybridized carbons (Fsp3) is 0.190. The first-order valence-electron chi connectivity index (χ1n) is 8.27. The van der Waals surface area contributed by atoms with Gasteiger partial charge in [0.25, 0.3) is 0 Å². The van der Waals surface area contributed by atoms with E-state index >= 15 is 0 Å². The number of amides is 1. The van der Waals surface area contributed by atoms with E-state index in [2.05, 4.69) is 37.4 Å². The van der Waals surface area contributed by atoms with Crippen LogP contribution in [-0.2, 0) is 11.2 Å². The van der Waals surface area contributed by atoms with E-state index in [0.29, 0.717) is 12.8 Å². The van der Waals surface area contributed by atoms with E-state index in [0.717, 1.165) is 16.3 Å². The number of carbonyl (C=O) groups is 1. The standard InChI is InChI=1S/C21H21NO2S/c1-15-5-6-16(2)20(14-15)25-19-10-7-17(8-11-19)22-21(23)12-9-18-4-3-13-24-18/h3-8,10-11,13-14H,9,12H2,1-2H3,(H,22,23). The predicted octanol–water partition coefficient (Wildman–Crippen LogP) is 5.62. The van der Waals surface area contributed by atoms with E-state index in [1.165, 1.54) is 16.0 Å². The first-order valence-corrected chi connectivity index (χ1v) is 9.09. The summed E-state index contributed by atoms with van der Waals surface area (Å²) in [5, 5.41) is 2.93. The Hall–Kier alpha value is -2.46. The van der Waals surface area contributed by atoms with Crippen molar-refractivity contribution in [1.82, 2.24) is 0 Å². The molecule has 0 radical (unpaired) electrons. The minimum atomic E-state index is -0.00803. The molecule has 0 fully saturated rings. The van der Waals surface area contributed by atoms with Crippen molar-refractivity contribution in [3.63, 3.8) is 0 Å². The number of rotatable bonds is 6. The van der Waals surface area contributed by atoms with Gasteiger partial charge < -0.3 is 9.73 Å². The van der Waals surface area contributed by atoms with Crippen LogP contribution in [0.5, 0.6) is 0 Å². The maximum Gasteiger partial charge on any atom is 0.224 e. The molecule has 0 spiro atoms. The summed E-state index contributed by atoms with van der Waals surface area (Å²) in [7, 11) is 0. The van der Waals surface area contributed by atoms with Crippen molar-refractivity contribution in [3.05, 3.63) is 77.7 Å². The second-order valence-corrected chi connectivity index (χ2v) is 7.14. The normalized spacial score (nSPS) is 10.6. The molecule has 0 unspecified atom stereocenters. The Morgan fingerprint density at radius 3 is 2.60 bits per heavy atom. The van der Waals surface area contributed by atoms with Crippen LogP contribution in [0.1, 0.15) is 23.3 Å². The first-order chi connectivity index (χ1) is 12.1. The van der Waals surface area contributed by atoms with Gasteiger partial charge in [0, 0.05) is 28.3 Å². The van der Waals surface area contributed by atoms with Crippen LogP contribution in [0, 0.1) is 13.8 Å². The molecule has 0 bridgehead atoms. The van der Waals surface area contributed by atoms with Crippen molar-refractivity contribution >= 4 is 23.4 Å². The Bertz CT molecular complexity index is 839. The molecule has 0 aliphatic rings. The van der Waals surface area contributed by atoms with Gasteiger partial charge in [-0.15, -0.1) is 0 Å². The summed E-state index contributed by atoms with van der Waals surface area (Å²) in [6.45, 7) is 4.22. The molecular weight excluding hydrogens is 330 g/mol. The SMILES string of the molecule is Cc1ccc(C)c(Sc2ccc(NC(=O)CCc3ccco3)cc2)c1. The average molecular weight is 351 g/mol. The monoisotopic (exact) mass is 351 g/mol. The maximum absolute atomic E-state index is 12.0. The number of nitrogens with one attached hydrogen (secondary N) is 1. The van der Waals surface area contributed by atoms with E-state index in [1.807, 2.05) is 36.4 Å². The molecule has 1 heterocycles. The molecule has 0 saturated carbocycles. The van der Waals surface area contributed by atoms with Crippen molar-refractivity contribution in [3.8, 4) is 0 Å². The van der Waals surface area contributed by atoms with Gasteiger partial charge in [0.1, 0.15) is 5.76 Å². The number of hydrogen-bond acceptors (Lipinski definition) is 3. The van der Waals surface area contributed by atoms with Crippen molar-refractivity contribution in [2.75, 3.05) is 5.32 Å². The third-order valence-corrected chi connectivity index (χ3v) is 5.06. The molecule has 0 aliphatic heterocycles. The second kappa shape index (κ2) is 8.08. The fourth-order valence-corrected chi connectivity index (χ4v) is 3.47. The quantitative estimate of drug-likeness (QED) is 0.627. The lowest BCUT2D eigenvalue weighted by Gasteiger charge is -2.08. The van der Waals surface area contributed by atoms with Crippen LogP contribution in [0.15, 0.2) is 75.1 Å². The summed E-state index contributed by atoms with van der Waals surface area (Å²) in [5.74, 6) is 0.821. The molecule has 3 rings (SSSR count). The largest absolute Gasteiger partial charge is 0.469 e. The number of benzene rings is 2. The molecule has 128 valence electrons. The minimum Gasteiger partial charge on any atom is -0.469 e. The lowest BCUT2D eigenvalue weighted by molar-refractivity contribution is -0.116. The number of carbonyl (C=O) groups excluding carboxylic acids is 1. The van der Waals surface area contributed by atoms with E-state index in [-0.39, 0.29) is 5.91 Å². The third kappa shape index (κ3) is 5.00. The number of hydrogen-bond donors (Lipinski definition) is 1. The van der Waals surface area contributed by atoms with Gasteiger partial charge >= 0.3 is 0 Å². The fourth-order valence-electron chi connectivity index (χ4n) is 2.47. The molecule has 3 nitrogen and oxygen atoms in total. The molecule has 3 aromatic rings. The van der Waals surface area contributed by atoms with Crippen molar-refractivity contribution in [2.24, 2.45) is 0 Å². The molecule has 0 atom stereocenters. The highest BCUT2D eigenvalue weighted by atomic mass is 32.2.